The molecule has 4 nitrogen and oxygen atoms in total. The Hall–Kier alpha value is -3.27. The number of fused-ring (bicyclic) bond motifs is 4. The summed E-state index contributed by atoms with van der Waals surface area (Å²) in [6.07, 6.45) is 3.52. The molecule has 0 saturated carbocycles. The van der Waals surface area contributed by atoms with Crippen molar-refractivity contribution >= 4 is 32.7 Å². The first-order valence-corrected chi connectivity index (χ1v) is 7.39. The SMILES string of the molecule is c1ccc2c(-c3nccc4oc5ccccc5c34)nncc2c1. The predicted molar refractivity (Wildman–Crippen MR) is 90.0 cm³/mol. The Balaban J connectivity index is 1.96. The van der Waals surface area contributed by atoms with Crippen LogP contribution >= 0.6 is 0 Å². The number of hydrogen-bond acceptors (Lipinski definition) is 4. The second-order valence-corrected chi connectivity index (χ2v) is 5.41. The van der Waals surface area contributed by atoms with Gasteiger partial charge in [-0.25, -0.2) is 0 Å². The number of hydrogen-bond donors (Lipinski definition) is 0. The highest BCUT2D eigenvalue weighted by Gasteiger charge is 2.16. The van der Waals surface area contributed by atoms with Crippen molar-refractivity contribution in [3.63, 3.8) is 0 Å². The van der Waals surface area contributed by atoms with Crippen molar-refractivity contribution < 1.29 is 4.42 Å². The molecule has 0 amide bonds. The van der Waals surface area contributed by atoms with E-state index in [0.29, 0.717) is 0 Å². The van der Waals surface area contributed by atoms with Crippen molar-refractivity contribution in [3.05, 3.63) is 67.0 Å². The number of pyridine rings is 1. The Morgan fingerprint density at radius 1 is 0.739 bits per heavy atom. The van der Waals surface area contributed by atoms with E-state index in [1.54, 1.807) is 12.4 Å². The third-order valence-corrected chi connectivity index (χ3v) is 4.08. The molecule has 0 aliphatic heterocycles. The van der Waals surface area contributed by atoms with Gasteiger partial charge in [-0.1, -0.05) is 42.5 Å². The average Bonchev–Trinajstić information content (AvgIpc) is 3.00. The van der Waals surface area contributed by atoms with Crippen LogP contribution in [0.3, 0.4) is 0 Å². The van der Waals surface area contributed by atoms with Crippen molar-refractivity contribution in [2.45, 2.75) is 0 Å². The molecule has 0 N–H and O–H groups in total. The van der Waals surface area contributed by atoms with Crippen LogP contribution in [-0.2, 0) is 0 Å². The van der Waals surface area contributed by atoms with E-state index in [1.165, 1.54) is 0 Å². The Morgan fingerprint density at radius 2 is 1.57 bits per heavy atom. The number of rotatable bonds is 1. The van der Waals surface area contributed by atoms with Gasteiger partial charge in [0.25, 0.3) is 0 Å². The molecule has 5 rings (SSSR count). The van der Waals surface area contributed by atoms with Crippen LogP contribution in [0.5, 0.6) is 0 Å². The lowest BCUT2D eigenvalue weighted by molar-refractivity contribution is 0.668. The summed E-state index contributed by atoms with van der Waals surface area (Å²) in [4.78, 5) is 4.59. The molecule has 0 unspecified atom stereocenters. The third-order valence-electron chi connectivity index (χ3n) is 4.08. The molecule has 3 aromatic heterocycles. The molecule has 0 aliphatic rings. The standard InChI is InChI=1S/C19H11N3O/c1-2-6-13-12(5-1)11-21-22-18(13)19-17-14-7-3-4-8-15(14)23-16(17)9-10-20-19/h1-11H. The zero-order valence-electron chi connectivity index (χ0n) is 12.1. The van der Waals surface area contributed by atoms with E-state index in [0.717, 1.165) is 44.1 Å². The third kappa shape index (κ3) is 1.75. The number of benzene rings is 2. The molecule has 0 aliphatic carbocycles. The number of para-hydroxylation sites is 1. The zero-order valence-corrected chi connectivity index (χ0v) is 12.1. The van der Waals surface area contributed by atoms with Gasteiger partial charge in [0.2, 0.25) is 0 Å². The van der Waals surface area contributed by atoms with Gasteiger partial charge in [-0.3, -0.25) is 4.98 Å². The highest BCUT2D eigenvalue weighted by atomic mass is 16.3. The lowest BCUT2D eigenvalue weighted by Gasteiger charge is -2.05. The number of furan rings is 1. The van der Waals surface area contributed by atoms with Crippen LogP contribution in [0.15, 0.2) is 71.4 Å². The summed E-state index contributed by atoms with van der Waals surface area (Å²) in [5.74, 6) is 0. The summed E-state index contributed by atoms with van der Waals surface area (Å²) in [5.41, 5.74) is 3.24. The van der Waals surface area contributed by atoms with Crippen LogP contribution in [-0.4, -0.2) is 15.2 Å². The summed E-state index contributed by atoms with van der Waals surface area (Å²) in [6, 6.07) is 17.9. The van der Waals surface area contributed by atoms with E-state index in [2.05, 4.69) is 15.2 Å². The molecule has 0 spiro atoms. The monoisotopic (exact) mass is 297 g/mol. The van der Waals surface area contributed by atoms with Crippen molar-refractivity contribution in [1.29, 1.82) is 0 Å². The van der Waals surface area contributed by atoms with Crippen molar-refractivity contribution in [3.8, 4) is 11.4 Å². The quantitative estimate of drug-likeness (QED) is 0.454. The van der Waals surface area contributed by atoms with Gasteiger partial charge < -0.3 is 4.42 Å². The maximum atomic E-state index is 5.94. The minimum Gasteiger partial charge on any atom is -0.456 e. The summed E-state index contributed by atoms with van der Waals surface area (Å²) in [5, 5.41) is 12.6. The molecule has 0 atom stereocenters. The van der Waals surface area contributed by atoms with E-state index in [-0.39, 0.29) is 0 Å². The number of aromatic nitrogens is 3. The van der Waals surface area contributed by atoms with Crippen molar-refractivity contribution in [2.75, 3.05) is 0 Å². The molecule has 108 valence electrons. The van der Waals surface area contributed by atoms with E-state index < -0.39 is 0 Å². The summed E-state index contributed by atoms with van der Waals surface area (Å²) < 4.78 is 5.94. The molecule has 4 heteroatoms. The minimum atomic E-state index is 0.778. The first kappa shape index (κ1) is 12.3. The maximum Gasteiger partial charge on any atom is 0.139 e. The van der Waals surface area contributed by atoms with Crippen molar-refractivity contribution in [1.82, 2.24) is 15.2 Å². The van der Waals surface area contributed by atoms with Crippen LogP contribution in [0.4, 0.5) is 0 Å². The first-order chi connectivity index (χ1) is 11.4. The van der Waals surface area contributed by atoms with Crippen molar-refractivity contribution in [2.24, 2.45) is 0 Å². The lowest BCUT2D eigenvalue weighted by atomic mass is 10.0. The smallest absolute Gasteiger partial charge is 0.139 e. The summed E-state index contributed by atoms with van der Waals surface area (Å²) >= 11 is 0. The Labute approximate surface area is 131 Å². The zero-order chi connectivity index (χ0) is 15.2. The largest absolute Gasteiger partial charge is 0.456 e. The van der Waals surface area contributed by atoms with Crippen LogP contribution in [0.2, 0.25) is 0 Å². The van der Waals surface area contributed by atoms with Crippen LogP contribution in [0.25, 0.3) is 44.1 Å². The van der Waals surface area contributed by atoms with Gasteiger partial charge in [-0.15, -0.1) is 5.10 Å². The molecule has 0 radical (unpaired) electrons. The summed E-state index contributed by atoms with van der Waals surface area (Å²) in [6.45, 7) is 0. The minimum absolute atomic E-state index is 0.778. The van der Waals surface area contributed by atoms with Gasteiger partial charge in [0.15, 0.2) is 0 Å². The normalized spacial score (nSPS) is 11.5. The molecule has 0 saturated heterocycles. The van der Waals surface area contributed by atoms with Crippen LogP contribution in [0.1, 0.15) is 0 Å². The molecule has 23 heavy (non-hydrogen) atoms. The van der Waals surface area contributed by atoms with E-state index in [9.17, 15) is 0 Å². The van der Waals surface area contributed by atoms with Gasteiger partial charge in [-0.2, -0.15) is 5.10 Å². The first-order valence-electron chi connectivity index (χ1n) is 7.39. The van der Waals surface area contributed by atoms with Gasteiger partial charge in [0.05, 0.1) is 11.6 Å². The van der Waals surface area contributed by atoms with Gasteiger partial charge in [0, 0.05) is 22.4 Å². The fourth-order valence-electron chi connectivity index (χ4n) is 3.05. The lowest BCUT2D eigenvalue weighted by Crippen LogP contribution is -1.92. The van der Waals surface area contributed by atoms with Gasteiger partial charge in [-0.05, 0) is 12.1 Å². The van der Waals surface area contributed by atoms with Gasteiger partial charge in [0.1, 0.15) is 22.6 Å². The van der Waals surface area contributed by atoms with Crippen LogP contribution in [0, 0.1) is 0 Å². The van der Waals surface area contributed by atoms with Gasteiger partial charge >= 0.3 is 0 Å². The second kappa shape index (κ2) is 4.61. The van der Waals surface area contributed by atoms with E-state index in [1.807, 2.05) is 54.6 Å². The Morgan fingerprint density at radius 3 is 2.52 bits per heavy atom. The topological polar surface area (TPSA) is 51.8 Å². The molecule has 0 fully saturated rings. The predicted octanol–water partition coefficient (Wildman–Crippen LogP) is 4.59. The van der Waals surface area contributed by atoms with E-state index >= 15 is 0 Å². The fourth-order valence-corrected chi connectivity index (χ4v) is 3.05. The fraction of sp³-hybridized carbons (Fsp3) is 0. The molecular weight excluding hydrogens is 286 g/mol. The average molecular weight is 297 g/mol. The number of nitrogens with zero attached hydrogens (tertiary/aromatic N) is 3. The Bertz CT molecular complexity index is 1170. The molecule has 5 aromatic rings. The second-order valence-electron chi connectivity index (χ2n) is 5.41. The molecule has 3 heterocycles. The van der Waals surface area contributed by atoms with Crippen LogP contribution < -0.4 is 0 Å². The highest BCUT2D eigenvalue weighted by Crippen LogP contribution is 2.36. The molecular formula is C19H11N3O. The molecule has 0 bridgehead atoms. The summed E-state index contributed by atoms with van der Waals surface area (Å²) in [7, 11) is 0. The Kier molecular flexibility index (Phi) is 2.46. The molecule has 2 aromatic carbocycles. The highest BCUT2D eigenvalue weighted by molar-refractivity contribution is 6.13. The maximum absolute atomic E-state index is 5.94. The van der Waals surface area contributed by atoms with E-state index in [4.69, 9.17) is 4.42 Å².